The van der Waals surface area contributed by atoms with Crippen molar-refractivity contribution in [1.82, 2.24) is 65.9 Å². The summed E-state index contributed by atoms with van der Waals surface area (Å²) in [6.45, 7) is 18.6. The number of carboxylic acid groups (broad SMARTS) is 1. The van der Waals surface area contributed by atoms with E-state index in [0.29, 0.717) is 86.9 Å². The quantitative estimate of drug-likeness (QED) is 0.0165. The van der Waals surface area contributed by atoms with Gasteiger partial charge < -0.3 is 59.0 Å². The average molecular weight is 1800 g/mol. The Hall–Kier alpha value is -11.7. The summed E-state index contributed by atoms with van der Waals surface area (Å²) in [7, 11) is 0. The van der Waals surface area contributed by atoms with Gasteiger partial charge in [-0.15, -0.1) is 43.1 Å². The van der Waals surface area contributed by atoms with Crippen LogP contribution in [0.25, 0.3) is 10.0 Å². The average Bonchev–Trinajstić information content (AvgIpc) is 1.63. The first-order valence-electron chi connectivity index (χ1n) is 40.4. The van der Waals surface area contributed by atoms with Gasteiger partial charge in [0.05, 0.1) is 119 Å². The van der Waals surface area contributed by atoms with E-state index in [1.54, 1.807) is 22.7 Å². The highest BCUT2D eigenvalue weighted by atomic mass is 35.5. The minimum atomic E-state index is -1.11. The number of aliphatic imine (C=N–C) groups is 2. The SMILES string of the molecule is CCCOCCOCCOCCNC(=O)COc1cccc2c1C(=O)N(C1CCC(=O)NC1=O)C2=O.Cc1sc2c(c1C)C(c1ccc(Cl)cc1)=N[C@@H](CC(=O)NCCOCCOCCOCCNC(=O)COc1cccc3c1C(=O)N(C1CCC(=O)NC1=O)C3=O)c1nnc(C)n1-2.Cc1sc2c(c1C)C(c1ccc(Cl)cc1)=N[C@@H](CC(=O)O)c1nnc(C)n1-2. The molecule has 36 nitrogen and oxygen atoms in total. The Morgan fingerprint density at radius 3 is 1.21 bits per heavy atom. The normalized spacial score (nSPS) is 16.7. The molecule has 2 unspecified atom stereocenters. The molecular formula is C85H93Cl2N15O21S2. The molecule has 0 bridgehead atoms. The summed E-state index contributed by atoms with van der Waals surface area (Å²) < 4.78 is 47.8. The molecule has 40 heteroatoms. The maximum absolute atomic E-state index is 13.2. The molecule has 660 valence electrons. The predicted octanol–water partition coefficient (Wildman–Crippen LogP) is 7.27. The van der Waals surface area contributed by atoms with E-state index in [4.69, 9.17) is 71.1 Å². The topological polar surface area (TPSA) is 452 Å². The van der Waals surface area contributed by atoms with Crippen molar-refractivity contribution in [2.24, 2.45) is 9.98 Å². The monoisotopic (exact) mass is 1790 g/mol. The number of aliphatic carboxylic acids is 1. The van der Waals surface area contributed by atoms with Crippen LogP contribution in [0.5, 0.6) is 11.5 Å². The lowest BCUT2D eigenvalue weighted by Gasteiger charge is -2.27. The molecule has 6 aliphatic rings. The van der Waals surface area contributed by atoms with Crippen LogP contribution in [0.1, 0.15) is 172 Å². The highest BCUT2D eigenvalue weighted by molar-refractivity contribution is 7.15. The van der Waals surface area contributed by atoms with Crippen molar-refractivity contribution >= 4 is 128 Å². The number of nitrogens with zero attached hydrogens (tertiary/aromatic N) is 10. The van der Waals surface area contributed by atoms with Gasteiger partial charge in [-0.1, -0.05) is 66.5 Å². The standard InChI is InChI=1S/C42H45ClN8O10S.C24H31N3O9.C19H17ClN4O2S/c1-23-24(2)62-42-35(23)37(26-7-9-27(43)10-8-26)46-29(38-49-48-25(3)50(38)42)21-33(53)44-13-15-58-17-19-60-20-18-59-16-14-45-34(54)22-61-31-6-4-5-28-36(31)41(57)51(40(28)56)30-11-12-32(52)47-39(30)55;1-2-9-33-11-13-35-14-12-34-10-8-25-20(29)15-36-18-5-3-4-16-21(18)24(32)27(23(16)31)17-6-7-19(28)26-22(17)30;1-9-10(2)27-19-16(9)17(12-4-6-13(20)7-5-12)21-14(8-15(25)26)18-23-22-11(3)24(18)19/h4-10,29-30H,11-22H2,1-3H3,(H,44,53)(H,45,54)(H,47,52,55);3-5,17H,2,6-15H2,1H3,(H,25,29)(H,26,28,30);4-7,14H,8H2,1-3H3,(H,25,26)/t29-,30?;;14-/m0.0/s1. The van der Waals surface area contributed by atoms with Gasteiger partial charge in [0.15, 0.2) is 24.9 Å². The number of rotatable bonds is 37. The Morgan fingerprint density at radius 1 is 0.464 bits per heavy atom. The van der Waals surface area contributed by atoms with Crippen molar-refractivity contribution in [1.29, 1.82) is 0 Å². The fraction of sp³-hybridized carbons (Fsp3) is 0.412. The van der Waals surface area contributed by atoms with E-state index in [2.05, 4.69) is 74.7 Å². The number of fused-ring (bicyclic) bond motifs is 8. The summed E-state index contributed by atoms with van der Waals surface area (Å²) in [5.74, 6) is -4.42. The molecular weight excluding hydrogens is 1700 g/mol. The molecule has 8 aromatic rings. The first kappa shape index (κ1) is 92.5. The third kappa shape index (κ3) is 22.3. The second-order valence-corrected chi connectivity index (χ2v) is 32.4. The predicted molar refractivity (Wildman–Crippen MR) is 455 cm³/mol. The van der Waals surface area contributed by atoms with Crippen LogP contribution < -0.4 is 36.1 Å². The second kappa shape index (κ2) is 43.3. The first-order valence-corrected chi connectivity index (χ1v) is 42.8. The van der Waals surface area contributed by atoms with E-state index >= 15 is 0 Å². The maximum atomic E-state index is 13.2. The number of aryl methyl sites for hydroxylation is 4. The third-order valence-electron chi connectivity index (χ3n) is 20.6. The van der Waals surface area contributed by atoms with Gasteiger partial charge in [0.1, 0.15) is 57.3 Å². The number of ether oxygens (including phenoxy) is 8. The lowest BCUT2D eigenvalue weighted by molar-refractivity contribution is -0.138. The number of imide groups is 4. The molecule has 0 radical (unpaired) electrons. The summed E-state index contributed by atoms with van der Waals surface area (Å²) in [4.78, 5) is 163. The van der Waals surface area contributed by atoms with Crippen LogP contribution >= 0.6 is 45.9 Å². The largest absolute Gasteiger partial charge is 0.483 e. The zero-order valence-electron chi connectivity index (χ0n) is 69.5. The number of aromatic nitrogens is 6. The number of carbonyl (C=O) groups excluding carboxylic acids is 11. The van der Waals surface area contributed by atoms with Crippen molar-refractivity contribution in [3.8, 4) is 21.5 Å². The van der Waals surface area contributed by atoms with E-state index in [-0.39, 0.29) is 124 Å². The molecule has 10 heterocycles. The number of hydrogen-bond donors (Lipinski definition) is 6. The number of benzene rings is 4. The van der Waals surface area contributed by atoms with Crippen LogP contribution in [-0.4, -0.2) is 251 Å². The molecule has 11 amide bonds. The van der Waals surface area contributed by atoms with Gasteiger partial charge in [-0.3, -0.25) is 97.1 Å². The van der Waals surface area contributed by atoms with Crippen molar-refractivity contribution in [3.63, 3.8) is 0 Å². The molecule has 0 spiro atoms. The van der Waals surface area contributed by atoms with Crippen molar-refractivity contribution in [2.75, 3.05) is 112 Å². The Morgan fingerprint density at radius 2 is 0.832 bits per heavy atom. The van der Waals surface area contributed by atoms with Crippen molar-refractivity contribution in [3.05, 3.63) is 184 Å². The molecule has 4 aromatic carbocycles. The van der Waals surface area contributed by atoms with Gasteiger partial charge in [0.2, 0.25) is 29.5 Å². The summed E-state index contributed by atoms with van der Waals surface area (Å²) >= 11 is 15.6. The highest BCUT2D eigenvalue weighted by Crippen LogP contribution is 2.43. The molecule has 4 aromatic heterocycles. The fourth-order valence-corrected chi connectivity index (χ4v) is 17.0. The number of hydrogen-bond acceptors (Lipinski definition) is 28. The van der Waals surface area contributed by atoms with Crippen LogP contribution in [0.15, 0.2) is 94.9 Å². The molecule has 0 saturated carbocycles. The molecule has 6 aliphatic heterocycles. The number of halogens is 2. The van der Waals surface area contributed by atoms with Crippen LogP contribution in [0, 0.1) is 41.5 Å². The van der Waals surface area contributed by atoms with Gasteiger partial charge >= 0.3 is 5.97 Å². The van der Waals surface area contributed by atoms with E-state index in [1.807, 2.05) is 78.4 Å². The number of carboxylic acids is 1. The van der Waals surface area contributed by atoms with E-state index in [9.17, 15) is 62.6 Å². The Bertz CT molecular complexity index is 5470. The van der Waals surface area contributed by atoms with Crippen LogP contribution in [-0.2, 0) is 66.8 Å². The van der Waals surface area contributed by atoms with Gasteiger partial charge in [-0.25, -0.2) is 0 Å². The van der Waals surface area contributed by atoms with Gasteiger partial charge in [-0.2, -0.15) is 0 Å². The Balaban J connectivity index is 0.000000190. The van der Waals surface area contributed by atoms with Gasteiger partial charge in [-0.05, 0) is 120 Å². The lowest BCUT2D eigenvalue weighted by atomic mass is 9.99. The number of carbonyl (C=O) groups is 12. The molecule has 2 saturated heterocycles. The van der Waals surface area contributed by atoms with Crippen LogP contribution in [0.2, 0.25) is 10.0 Å². The number of nitrogens with one attached hydrogen (secondary N) is 5. The third-order valence-corrected chi connectivity index (χ3v) is 23.5. The molecule has 125 heavy (non-hydrogen) atoms. The molecule has 4 atom stereocenters. The van der Waals surface area contributed by atoms with Crippen molar-refractivity contribution < 1.29 is 101 Å². The van der Waals surface area contributed by atoms with E-state index in [0.717, 1.165) is 81.7 Å². The van der Waals surface area contributed by atoms with Gasteiger partial charge in [0.25, 0.3) is 35.4 Å². The van der Waals surface area contributed by atoms with E-state index < -0.39 is 95.8 Å². The molecule has 2 fully saturated rings. The van der Waals surface area contributed by atoms with Crippen LogP contribution in [0.4, 0.5) is 0 Å². The molecule has 6 N–H and O–H groups in total. The zero-order chi connectivity index (χ0) is 89.1. The van der Waals surface area contributed by atoms with Gasteiger partial charge in [0, 0.05) is 81.1 Å². The fourth-order valence-electron chi connectivity index (χ4n) is 14.3. The molecule has 14 rings (SSSR count). The molecule has 0 aliphatic carbocycles. The summed E-state index contributed by atoms with van der Waals surface area (Å²) in [5, 5.41) is 42.4. The number of piperidine rings is 2. The Labute approximate surface area is 735 Å². The minimum absolute atomic E-state index is 0.00146. The number of amides is 11. The smallest absolute Gasteiger partial charge is 0.306 e. The summed E-state index contributed by atoms with van der Waals surface area (Å²) in [6.07, 6.45) is 0.988. The lowest BCUT2D eigenvalue weighted by Crippen LogP contribution is -2.54. The zero-order valence-corrected chi connectivity index (χ0v) is 72.7. The Kier molecular flexibility index (Phi) is 32.0. The summed E-state index contributed by atoms with van der Waals surface area (Å²) in [6, 6.07) is 20.5. The minimum Gasteiger partial charge on any atom is -0.483 e. The van der Waals surface area contributed by atoms with Crippen molar-refractivity contribution in [2.45, 2.75) is 118 Å². The highest BCUT2D eigenvalue weighted by Gasteiger charge is 2.48. The summed E-state index contributed by atoms with van der Waals surface area (Å²) in [5.41, 5.74) is 7.64. The van der Waals surface area contributed by atoms with Crippen LogP contribution in [0.3, 0.4) is 0 Å². The maximum Gasteiger partial charge on any atom is 0.306 e. The number of thiophene rings is 2. The second-order valence-electron chi connectivity index (χ2n) is 29.2. The first-order chi connectivity index (χ1) is 60.2. The van der Waals surface area contributed by atoms with E-state index in [1.165, 1.54) is 41.3 Å².